The van der Waals surface area contributed by atoms with Gasteiger partial charge < -0.3 is 10.2 Å². The Hall–Kier alpha value is -0.970. The van der Waals surface area contributed by atoms with Crippen molar-refractivity contribution >= 4 is 23.4 Å². The van der Waals surface area contributed by atoms with E-state index in [0.29, 0.717) is 6.04 Å². The minimum Gasteiger partial charge on any atom is -0.370 e. The van der Waals surface area contributed by atoms with Crippen LogP contribution in [0.25, 0.3) is 0 Å². The zero-order valence-electron chi connectivity index (χ0n) is 12.0. The molecule has 1 aromatic rings. The molecular weight excluding hydrogens is 244 g/mol. The van der Waals surface area contributed by atoms with Crippen LogP contribution in [0, 0.1) is 6.92 Å². The van der Waals surface area contributed by atoms with E-state index in [1.54, 1.807) is 6.33 Å². The first-order chi connectivity index (χ1) is 8.61. The Kier molecular flexibility index (Phi) is 6.25. The number of rotatable bonds is 7. The summed E-state index contributed by atoms with van der Waals surface area (Å²) in [5, 5.41) is 3.27. The molecular formula is C13H24N4S. The SMILES string of the molecule is CCNc1ncnc(N(C)C(C)CCSC)c1C. The van der Waals surface area contributed by atoms with Gasteiger partial charge in [0.1, 0.15) is 18.0 Å². The molecule has 1 aromatic heterocycles. The summed E-state index contributed by atoms with van der Waals surface area (Å²) < 4.78 is 0. The number of hydrogen-bond donors (Lipinski definition) is 1. The van der Waals surface area contributed by atoms with E-state index in [1.807, 2.05) is 11.8 Å². The van der Waals surface area contributed by atoms with Gasteiger partial charge in [-0.15, -0.1) is 0 Å². The van der Waals surface area contributed by atoms with E-state index in [4.69, 9.17) is 0 Å². The molecule has 1 N–H and O–H groups in total. The first-order valence-corrected chi connectivity index (χ1v) is 7.78. The fraction of sp³-hybridized carbons (Fsp3) is 0.692. The third-order valence-corrected chi connectivity index (χ3v) is 3.78. The van der Waals surface area contributed by atoms with Gasteiger partial charge in [-0.1, -0.05) is 0 Å². The van der Waals surface area contributed by atoms with Crippen molar-refractivity contribution in [3.05, 3.63) is 11.9 Å². The normalized spacial score (nSPS) is 12.3. The molecule has 1 rings (SSSR count). The Balaban J connectivity index is 2.84. The molecule has 0 radical (unpaired) electrons. The molecule has 0 aliphatic heterocycles. The second-order valence-corrected chi connectivity index (χ2v) is 5.43. The van der Waals surface area contributed by atoms with Crippen molar-refractivity contribution in [3.8, 4) is 0 Å². The van der Waals surface area contributed by atoms with Crippen LogP contribution in [0.2, 0.25) is 0 Å². The Morgan fingerprint density at radius 2 is 2.17 bits per heavy atom. The molecule has 0 saturated carbocycles. The van der Waals surface area contributed by atoms with Gasteiger partial charge in [0, 0.05) is 25.2 Å². The predicted octanol–water partition coefficient (Wildman–Crippen LogP) is 2.79. The van der Waals surface area contributed by atoms with Gasteiger partial charge in [0.15, 0.2) is 0 Å². The first kappa shape index (κ1) is 15.1. The van der Waals surface area contributed by atoms with Crippen LogP contribution < -0.4 is 10.2 Å². The minimum absolute atomic E-state index is 0.487. The van der Waals surface area contributed by atoms with Crippen molar-refractivity contribution in [2.24, 2.45) is 0 Å². The summed E-state index contributed by atoms with van der Waals surface area (Å²) in [6.07, 6.45) is 4.95. The largest absolute Gasteiger partial charge is 0.370 e. The monoisotopic (exact) mass is 268 g/mol. The van der Waals surface area contributed by atoms with Crippen LogP contribution in [-0.2, 0) is 0 Å². The number of thioether (sulfide) groups is 1. The minimum atomic E-state index is 0.487. The quantitative estimate of drug-likeness (QED) is 0.823. The van der Waals surface area contributed by atoms with E-state index in [-0.39, 0.29) is 0 Å². The Bertz CT molecular complexity index is 370. The predicted molar refractivity (Wildman–Crippen MR) is 81.8 cm³/mol. The number of nitrogens with zero attached hydrogens (tertiary/aromatic N) is 3. The summed E-state index contributed by atoms with van der Waals surface area (Å²) in [6.45, 7) is 7.27. The zero-order chi connectivity index (χ0) is 13.5. The van der Waals surface area contributed by atoms with Gasteiger partial charge in [0.25, 0.3) is 0 Å². The van der Waals surface area contributed by atoms with Crippen molar-refractivity contribution in [1.82, 2.24) is 9.97 Å². The summed E-state index contributed by atoms with van der Waals surface area (Å²) in [6, 6.07) is 0.487. The van der Waals surface area contributed by atoms with Crippen LogP contribution in [0.1, 0.15) is 25.8 Å². The molecule has 0 bridgehead atoms. The molecule has 0 spiro atoms. The first-order valence-electron chi connectivity index (χ1n) is 6.39. The Morgan fingerprint density at radius 1 is 1.44 bits per heavy atom. The molecule has 0 saturated heterocycles. The van der Waals surface area contributed by atoms with Crippen LogP contribution in [0.15, 0.2) is 6.33 Å². The fourth-order valence-corrected chi connectivity index (χ4v) is 2.41. The molecule has 18 heavy (non-hydrogen) atoms. The molecule has 0 aromatic carbocycles. The molecule has 0 amide bonds. The van der Waals surface area contributed by atoms with E-state index in [9.17, 15) is 0 Å². The fourth-order valence-electron chi connectivity index (χ4n) is 1.83. The van der Waals surface area contributed by atoms with E-state index >= 15 is 0 Å². The van der Waals surface area contributed by atoms with Gasteiger partial charge in [-0.25, -0.2) is 9.97 Å². The van der Waals surface area contributed by atoms with Gasteiger partial charge in [-0.3, -0.25) is 0 Å². The van der Waals surface area contributed by atoms with Crippen molar-refractivity contribution < 1.29 is 0 Å². The summed E-state index contributed by atoms with van der Waals surface area (Å²) in [5.74, 6) is 3.14. The maximum Gasteiger partial charge on any atom is 0.137 e. The number of hydrogen-bond acceptors (Lipinski definition) is 5. The number of anilines is 2. The highest BCUT2D eigenvalue weighted by atomic mass is 32.2. The average molecular weight is 268 g/mol. The van der Waals surface area contributed by atoms with E-state index < -0.39 is 0 Å². The Labute approximate surface area is 115 Å². The molecule has 5 heteroatoms. The lowest BCUT2D eigenvalue weighted by Crippen LogP contribution is -2.31. The van der Waals surface area contributed by atoms with Crippen molar-refractivity contribution in [3.63, 3.8) is 0 Å². The second-order valence-electron chi connectivity index (χ2n) is 4.44. The smallest absolute Gasteiger partial charge is 0.137 e. The van der Waals surface area contributed by atoms with Crippen LogP contribution in [0.4, 0.5) is 11.6 Å². The lowest BCUT2D eigenvalue weighted by Gasteiger charge is -2.27. The highest BCUT2D eigenvalue weighted by molar-refractivity contribution is 7.98. The number of aromatic nitrogens is 2. The topological polar surface area (TPSA) is 41.1 Å². The van der Waals surface area contributed by atoms with Gasteiger partial charge in [0.2, 0.25) is 0 Å². The van der Waals surface area contributed by atoms with E-state index in [1.165, 1.54) is 5.75 Å². The molecule has 1 atom stereocenters. The Morgan fingerprint density at radius 3 is 2.78 bits per heavy atom. The van der Waals surface area contributed by atoms with Gasteiger partial charge in [0.05, 0.1) is 0 Å². The molecule has 0 aliphatic carbocycles. The maximum atomic E-state index is 4.42. The molecule has 4 nitrogen and oxygen atoms in total. The van der Waals surface area contributed by atoms with Crippen LogP contribution in [0.3, 0.4) is 0 Å². The molecule has 0 fully saturated rings. The van der Waals surface area contributed by atoms with Crippen LogP contribution >= 0.6 is 11.8 Å². The lowest BCUT2D eigenvalue weighted by molar-refractivity contribution is 0.659. The van der Waals surface area contributed by atoms with Crippen molar-refractivity contribution in [2.45, 2.75) is 33.2 Å². The van der Waals surface area contributed by atoms with Gasteiger partial charge in [-0.05, 0) is 39.2 Å². The molecule has 1 heterocycles. The third kappa shape index (κ3) is 3.77. The summed E-state index contributed by atoms with van der Waals surface area (Å²) in [4.78, 5) is 10.9. The third-order valence-electron chi connectivity index (χ3n) is 3.14. The van der Waals surface area contributed by atoms with Gasteiger partial charge >= 0.3 is 0 Å². The van der Waals surface area contributed by atoms with E-state index in [2.05, 4.69) is 54.3 Å². The van der Waals surface area contributed by atoms with Crippen LogP contribution in [-0.4, -0.2) is 41.6 Å². The standard InChI is InChI=1S/C13H24N4S/c1-6-14-12-11(3)13(16-9-15-12)17(4)10(2)7-8-18-5/h9-10H,6-8H2,1-5H3,(H,14,15,16). The average Bonchev–Trinajstić information content (AvgIpc) is 2.38. The molecule has 102 valence electrons. The highest BCUT2D eigenvalue weighted by Gasteiger charge is 2.15. The van der Waals surface area contributed by atoms with Gasteiger partial charge in [-0.2, -0.15) is 11.8 Å². The summed E-state index contributed by atoms with van der Waals surface area (Å²) in [5.41, 5.74) is 1.12. The van der Waals surface area contributed by atoms with E-state index in [0.717, 1.165) is 30.2 Å². The summed E-state index contributed by atoms with van der Waals surface area (Å²) in [7, 11) is 2.11. The maximum absolute atomic E-state index is 4.42. The molecule has 0 aliphatic rings. The lowest BCUT2D eigenvalue weighted by atomic mass is 10.2. The summed E-state index contributed by atoms with van der Waals surface area (Å²) >= 11 is 1.89. The highest BCUT2D eigenvalue weighted by Crippen LogP contribution is 2.23. The zero-order valence-corrected chi connectivity index (χ0v) is 12.8. The van der Waals surface area contributed by atoms with Crippen LogP contribution in [0.5, 0.6) is 0 Å². The second kappa shape index (κ2) is 7.46. The van der Waals surface area contributed by atoms with Crippen molar-refractivity contribution in [1.29, 1.82) is 0 Å². The molecule has 1 unspecified atom stereocenters. The number of nitrogens with one attached hydrogen (secondary N) is 1. The van der Waals surface area contributed by atoms with Crippen molar-refractivity contribution in [2.75, 3.05) is 35.8 Å².